The van der Waals surface area contributed by atoms with Gasteiger partial charge in [-0.1, -0.05) is 0 Å². The van der Waals surface area contributed by atoms with Crippen molar-refractivity contribution < 1.29 is 26.4 Å². The van der Waals surface area contributed by atoms with Crippen LogP contribution < -0.4 is 16.0 Å². The predicted octanol–water partition coefficient (Wildman–Crippen LogP) is 0.628. The Morgan fingerprint density at radius 1 is 1.15 bits per heavy atom. The monoisotopic (exact) mass is 415 g/mol. The summed E-state index contributed by atoms with van der Waals surface area (Å²) in [4.78, 5) is 15.8. The number of halogens is 3. The zero-order valence-electron chi connectivity index (χ0n) is 16.0. The molecule has 0 aliphatic carbocycles. The lowest BCUT2D eigenvalue weighted by molar-refractivity contribution is -0.121. The summed E-state index contributed by atoms with van der Waals surface area (Å²) < 4.78 is 61.0. The molecule has 0 aromatic heterocycles. The average molecular weight is 415 g/mol. The molecule has 12 heteroatoms. The van der Waals surface area contributed by atoms with Crippen molar-refractivity contribution in [2.75, 3.05) is 33.2 Å². The minimum Gasteiger partial charge on any atom is -0.356 e. The van der Waals surface area contributed by atoms with Crippen LogP contribution in [-0.4, -0.2) is 68.9 Å². The van der Waals surface area contributed by atoms with E-state index in [2.05, 4.69) is 20.9 Å². The van der Waals surface area contributed by atoms with Crippen molar-refractivity contribution >= 4 is 21.9 Å². The molecule has 0 radical (unpaired) electrons. The number of hydrogen-bond donors (Lipinski definition) is 3. The van der Waals surface area contributed by atoms with Gasteiger partial charge in [0.15, 0.2) is 5.96 Å². The Labute approximate surface area is 158 Å². The fourth-order valence-electron chi connectivity index (χ4n) is 2.59. The topological polar surface area (TPSA) is 103 Å². The van der Waals surface area contributed by atoms with Gasteiger partial charge >= 0.3 is 15.5 Å². The maximum Gasteiger partial charge on any atom is 0.511 e. The predicted molar refractivity (Wildman–Crippen MR) is 96.5 cm³/mol. The van der Waals surface area contributed by atoms with Crippen LogP contribution in [0.3, 0.4) is 0 Å². The third kappa shape index (κ3) is 7.53. The molecule has 0 unspecified atom stereocenters. The van der Waals surface area contributed by atoms with Crippen LogP contribution in [0.2, 0.25) is 0 Å². The molecule has 1 amide bonds. The van der Waals surface area contributed by atoms with E-state index < -0.39 is 15.5 Å². The van der Waals surface area contributed by atoms with Gasteiger partial charge in [-0.15, -0.1) is 0 Å². The first-order valence-corrected chi connectivity index (χ1v) is 10.0. The first-order valence-electron chi connectivity index (χ1n) is 8.58. The van der Waals surface area contributed by atoms with Crippen molar-refractivity contribution in [1.29, 1.82) is 0 Å². The summed E-state index contributed by atoms with van der Waals surface area (Å²) in [7, 11) is -3.72. The number of piperidine rings is 1. The van der Waals surface area contributed by atoms with E-state index in [1.54, 1.807) is 0 Å². The highest BCUT2D eigenvalue weighted by Crippen LogP contribution is 2.30. The Hall–Kier alpha value is -1.56. The molecular formula is C15H28F3N5O3S. The van der Waals surface area contributed by atoms with Crippen molar-refractivity contribution in [1.82, 2.24) is 20.3 Å². The molecule has 0 aromatic carbocycles. The van der Waals surface area contributed by atoms with Gasteiger partial charge < -0.3 is 16.0 Å². The van der Waals surface area contributed by atoms with E-state index in [0.717, 1.165) is 0 Å². The van der Waals surface area contributed by atoms with Crippen molar-refractivity contribution in [3.63, 3.8) is 0 Å². The van der Waals surface area contributed by atoms with Gasteiger partial charge in [0, 0.05) is 32.2 Å². The summed E-state index contributed by atoms with van der Waals surface area (Å²) in [6.07, 6.45) is 0.619. The molecule has 1 aliphatic rings. The van der Waals surface area contributed by atoms with Crippen LogP contribution in [0.1, 0.15) is 33.6 Å². The van der Waals surface area contributed by atoms with E-state index in [4.69, 9.17) is 0 Å². The highest BCUT2D eigenvalue weighted by molar-refractivity contribution is 7.90. The number of rotatable bonds is 5. The highest BCUT2D eigenvalue weighted by Gasteiger charge is 2.50. The molecule has 1 heterocycles. The van der Waals surface area contributed by atoms with Crippen LogP contribution in [0.4, 0.5) is 13.2 Å². The maximum absolute atomic E-state index is 12.6. The summed E-state index contributed by atoms with van der Waals surface area (Å²) in [6, 6.07) is 0. The lowest BCUT2D eigenvalue weighted by Gasteiger charge is -2.31. The number of carbonyl (C=O) groups excluding carboxylic acids is 1. The fourth-order valence-corrected chi connectivity index (χ4v) is 3.57. The molecule has 0 aromatic rings. The molecule has 3 N–H and O–H groups in total. The van der Waals surface area contributed by atoms with Gasteiger partial charge in [0.05, 0.1) is 6.54 Å². The summed E-state index contributed by atoms with van der Waals surface area (Å²) in [5.41, 5.74) is -5.61. The van der Waals surface area contributed by atoms with Crippen LogP contribution in [0, 0.1) is 5.92 Å². The van der Waals surface area contributed by atoms with Crippen LogP contribution in [-0.2, 0) is 14.8 Å². The minimum absolute atomic E-state index is 0.00614. The molecule has 0 atom stereocenters. The van der Waals surface area contributed by atoms with E-state index >= 15 is 0 Å². The van der Waals surface area contributed by atoms with Gasteiger partial charge in [0.2, 0.25) is 5.91 Å². The number of hydrogen-bond acceptors (Lipinski definition) is 4. The Morgan fingerprint density at radius 3 is 2.15 bits per heavy atom. The highest BCUT2D eigenvalue weighted by atomic mass is 32.2. The third-order valence-corrected chi connectivity index (χ3v) is 5.55. The number of nitrogens with zero attached hydrogens (tertiary/aromatic N) is 2. The smallest absolute Gasteiger partial charge is 0.356 e. The lowest BCUT2D eigenvalue weighted by Crippen LogP contribution is -2.49. The minimum atomic E-state index is -5.27. The van der Waals surface area contributed by atoms with E-state index in [-0.39, 0.29) is 37.0 Å². The first-order chi connectivity index (χ1) is 12.3. The third-order valence-electron chi connectivity index (χ3n) is 3.92. The zero-order valence-corrected chi connectivity index (χ0v) is 16.8. The standard InChI is InChI=1S/C15H28F3N5O3S/c1-14(2,3)22-12(24)10-21-13(19-4)20-9-11-5-7-23(8-6-11)27(25,26)15(16,17)18/h11H,5-10H2,1-4H3,(H,22,24)(H2,19,20,21). The molecule has 1 rings (SSSR count). The molecule has 27 heavy (non-hydrogen) atoms. The SMILES string of the molecule is CN=C(NCC(=O)NC(C)(C)C)NCC1CCN(S(=O)(=O)C(F)(F)F)CC1. The van der Waals surface area contributed by atoms with Gasteiger partial charge in [-0.25, -0.2) is 8.42 Å². The Balaban J connectivity index is 2.41. The number of guanidine groups is 1. The van der Waals surface area contributed by atoms with Gasteiger partial charge in [0.25, 0.3) is 0 Å². The van der Waals surface area contributed by atoms with Crippen LogP contribution in [0.15, 0.2) is 4.99 Å². The number of carbonyl (C=O) groups is 1. The molecule has 0 saturated carbocycles. The number of nitrogens with one attached hydrogen (secondary N) is 3. The summed E-state index contributed by atoms with van der Waals surface area (Å²) >= 11 is 0. The molecule has 1 fully saturated rings. The summed E-state index contributed by atoms with van der Waals surface area (Å²) in [5.74, 6) is 0.201. The molecule has 1 saturated heterocycles. The number of aliphatic imine (C=N–C) groups is 1. The quantitative estimate of drug-likeness (QED) is 0.451. The first kappa shape index (κ1) is 23.5. The second kappa shape index (κ2) is 9.09. The van der Waals surface area contributed by atoms with Crippen LogP contribution >= 0.6 is 0 Å². The van der Waals surface area contributed by atoms with Crippen molar-refractivity contribution in [2.45, 2.75) is 44.7 Å². The van der Waals surface area contributed by atoms with Crippen molar-refractivity contribution in [2.24, 2.45) is 10.9 Å². The summed E-state index contributed by atoms with van der Waals surface area (Å²) in [5, 5.41) is 8.66. The number of amides is 1. The lowest BCUT2D eigenvalue weighted by atomic mass is 9.98. The fraction of sp³-hybridized carbons (Fsp3) is 0.867. The van der Waals surface area contributed by atoms with Crippen molar-refractivity contribution in [3.8, 4) is 0 Å². The Morgan fingerprint density at radius 2 is 1.70 bits per heavy atom. The molecular weight excluding hydrogens is 387 g/mol. The van der Waals surface area contributed by atoms with E-state index in [9.17, 15) is 26.4 Å². The van der Waals surface area contributed by atoms with Gasteiger partial charge in [-0.05, 0) is 39.5 Å². The van der Waals surface area contributed by atoms with Crippen molar-refractivity contribution in [3.05, 3.63) is 0 Å². The summed E-state index contributed by atoms with van der Waals surface area (Å²) in [6.45, 7) is 5.69. The molecule has 0 spiro atoms. The number of alkyl halides is 3. The molecule has 0 bridgehead atoms. The van der Waals surface area contributed by atoms with Crippen LogP contribution in [0.5, 0.6) is 0 Å². The molecule has 8 nitrogen and oxygen atoms in total. The van der Waals surface area contributed by atoms with E-state index in [1.165, 1.54) is 7.05 Å². The Kier molecular flexibility index (Phi) is 7.90. The second-order valence-corrected chi connectivity index (χ2v) is 9.33. The normalized spacial score (nSPS) is 18.3. The second-order valence-electron chi connectivity index (χ2n) is 7.40. The van der Waals surface area contributed by atoms with E-state index in [0.29, 0.717) is 29.7 Å². The largest absolute Gasteiger partial charge is 0.511 e. The zero-order chi connectivity index (χ0) is 20.9. The van der Waals surface area contributed by atoms with Gasteiger partial charge in [0.1, 0.15) is 0 Å². The van der Waals surface area contributed by atoms with E-state index in [1.807, 2.05) is 20.8 Å². The van der Waals surface area contributed by atoms with Gasteiger partial charge in [-0.3, -0.25) is 9.79 Å². The maximum atomic E-state index is 12.6. The van der Waals surface area contributed by atoms with Crippen LogP contribution in [0.25, 0.3) is 0 Å². The Bertz CT molecular complexity index is 636. The molecule has 1 aliphatic heterocycles. The molecule has 158 valence electrons. The number of sulfonamides is 1. The van der Waals surface area contributed by atoms with Gasteiger partial charge in [-0.2, -0.15) is 17.5 Å². The average Bonchev–Trinajstić information content (AvgIpc) is 2.52.